The largest absolute Gasteiger partial charge is 0.504 e. The molecular formula is C10H11ClN2O4. The fraction of sp³-hybridized carbons (Fsp3) is 0.300. The summed E-state index contributed by atoms with van der Waals surface area (Å²) in [6.45, 7) is 3.36. The number of nitrogens with one attached hydrogen (secondary N) is 1. The van der Waals surface area contributed by atoms with Crippen LogP contribution in [0.2, 0.25) is 5.02 Å². The highest BCUT2D eigenvalue weighted by Gasteiger charge is 2.20. The lowest BCUT2D eigenvalue weighted by atomic mass is 10.2. The molecule has 1 rings (SSSR count). The molecule has 0 saturated carbocycles. The third-order valence-electron chi connectivity index (χ3n) is 2.07. The van der Waals surface area contributed by atoms with Crippen molar-refractivity contribution >= 4 is 28.9 Å². The van der Waals surface area contributed by atoms with E-state index in [9.17, 15) is 20.0 Å². The zero-order valence-electron chi connectivity index (χ0n) is 9.23. The van der Waals surface area contributed by atoms with Gasteiger partial charge in [0.05, 0.1) is 10.6 Å². The molecule has 0 heterocycles. The lowest BCUT2D eigenvalue weighted by molar-refractivity contribution is -0.384. The van der Waals surface area contributed by atoms with E-state index in [0.717, 1.165) is 6.07 Å². The van der Waals surface area contributed by atoms with E-state index in [1.165, 1.54) is 6.07 Å². The Bertz CT molecular complexity index is 474. The summed E-state index contributed by atoms with van der Waals surface area (Å²) in [5.41, 5.74) is -0.356. The Morgan fingerprint density at radius 3 is 2.59 bits per heavy atom. The van der Waals surface area contributed by atoms with E-state index in [4.69, 9.17) is 11.6 Å². The van der Waals surface area contributed by atoms with Crippen molar-refractivity contribution in [3.63, 3.8) is 0 Å². The Balaban J connectivity index is 3.09. The summed E-state index contributed by atoms with van der Waals surface area (Å²) < 4.78 is 0. The van der Waals surface area contributed by atoms with E-state index >= 15 is 0 Å². The molecule has 0 spiro atoms. The molecule has 0 atom stereocenters. The molecule has 0 aromatic heterocycles. The van der Waals surface area contributed by atoms with E-state index < -0.39 is 21.4 Å². The van der Waals surface area contributed by atoms with Crippen molar-refractivity contribution in [2.45, 2.75) is 13.8 Å². The molecule has 0 radical (unpaired) electrons. The maximum absolute atomic E-state index is 11.4. The summed E-state index contributed by atoms with van der Waals surface area (Å²) in [4.78, 5) is 21.2. The molecule has 6 nitrogen and oxygen atoms in total. The number of nitro groups is 1. The van der Waals surface area contributed by atoms with Crippen LogP contribution in [0.1, 0.15) is 13.8 Å². The van der Waals surface area contributed by atoms with Crippen LogP contribution in [0.3, 0.4) is 0 Å². The van der Waals surface area contributed by atoms with Gasteiger partial charge in [0.25, 0.3) is 5.69 Å². The van der Waals surface area contributed by atoms with Gasteiger partial charge in [-0.3, -0.25) is 14.9 Å². The van der Waals surface area contributed by atoms with Gasteiger partial charge in [0.15, 0.2) is 10.8 Å². The second-order valence-electron chi connectivity index (χ2n) is 3.70. The monoisotopic (exact) mass is 258 g/mol. The smallest absolute Gasteiger partial charge is 0.291 e. The number of phenols is 1. The van der Waals surface area contributed by atoms with Gasteiger partial charge < -0.3 is 10.4 Å². The molecule has 1 aromatic carbocycles. The minimum atomic E-state index is -0.712. The zero-order chi connectivity index (χ0) is 13.2. The van der Waals surface area contributed by atoms with Gasteiger partial charge in [0.2, 0.25) is 5.91 Å². The van der Waals surface area contributed by atoms with E-state index in [-0.39, 0.29) is 17.5 Å². The van der Waals surface area contributed by atoms with Crippen molar-refractivity contribution in [3.8, 4) is 5.75 Å². The van der Waals surface area contributed by atoms with Crippen molar-refractivity contribution in [2.75, 3.05) is 5.32 Å². The number of rotatable bonds is 3. The van der Waals surface area contributed by atoms with Crippen LogP contribution in [0.5, 0.6) is 5.75 Å². The first kappa shape index (κ1) is 13.2. The van der Waals surface area contributed by atoms with Crippen molar-refractivity contribution in [2.24, 2.45) is 5.92 Å². The number of benzene rings is 1. The third kappa shape index (κ3) is 2.85. The van der Waals surface area contributed by atoms with Crippen molar-refractivity contribution in [1.29, 1.82) is 0 Å². The Morgan fingerprint density at radius 2 is 2.12 bits per heavy atom. The topological polar surface area (TPSA) is 92.5 Å². The maximum atomic E-state index is 11.4. The minimum Gasteiger partial charge on any atom is -0.504 e. The first-order chi connectivity index (χ1) is 7.84. The molecule has 0 fully saturated rings. The van der Waals surface area contributed by atoms with E-state index in [0.29, 0.717) is 0 Å². The predicted molar refractivity (Wildman–Crippen MR) is 63.2 cm³/mol. The maximum Gasteiger partial charge on any atom is 0.291 e. The number of hydrogen-bond acceptors (Lipinski definition) is 4. The summed E-state index contributed by atoms with van der Waals surface area (Å²) in [5, 5.41) is 22.2. The van der Waals surface area contributed by atoms with Crippen LogP contribution < -0.4 is 5.32 Å². The lowest BCUT2D eigenvalue weighted by Gasteiger charge is -2.10. The SMILES string of the molecule is CC(C)C(=O)Nc1ccc([N+](=O)[O-])c(Cl)c1O. The van der Waals surface area contributed by atoms with Crippen LogP contribution in [0.25, 0.3) is 0 Å². The molecular weight excluding hydrogens is 248 g/mol. The number of amides is 1. The molecule has 2 N–H and O–H groups in total. The number of phenolic OH excluding ortho intramolecular Hbond substituents is 1. The average Bonchev–Trinajstić information content (AvgIpc) is 2.24. The standard InChI is InChI=1S/C10H11ClN2O4/c1-5(2)10(15)12-6-3-4-7(13(16)17)8(11)9(6)14/h3-5,14H,1-2H3,(H,12,15). The number of nitrogens with zero attached hydrogens (tertiary/aromatic N) is 1. The fourth-order valence-electron chi connectivity index (χ4n) is 1.07. The number of hydrogen-bond donors (Lipinski definition) is 2. The second-order valence-corrected chi connectivity index (χ2v) is 4.07. The van der Waals surface area contributed by atoms with E-state index in [2.05, 4.69) is 5.32 Å². The van der Waals surface area contributed by atoms with Gasteiger partial charge in [-0.15, -0.1) is 0 Å². The van der Waals surface area contributed by atoms with Gasteiger partial charge in [0.1, 0.15) is 0 Å². The van der Waals surface area contributed by atoms with E-state index in [1.807, 2.05) is 0 Å². The molecule has 0 saturated heterocycles. The molecule has 92 valence electrons. The van der Waals surface area contributed by atoms with Gasteiger partial charge in [-0.1, -0.05) is 25.4 Å². The molecule has 7 heteroatoms. The summed E-state index contributed by atoms with van der Waals surface area (Å²) >= 11 is 5.61. The number of anilines is 1. The first-order valence-electron chi connectivity index (χ1n) is 4.81. The van der Waals surface area contributed by atoms with E-state index in [1.54, 1.807) is 13.8 Å². The third-order valence-corrected chi connectivity index (χ3v) is 2.45. The van der Waals surface area contributed by atoms with Crippen LogP contribution in [-0.2, 0) is 4.79 Å². The highest BCUT2D eigenvalue weighted by Crippen LogP contribution is 2.38. The fourth-order valence-corrected chi connectivity index (χ4v) is 1.31. The zero-order valence-corrected chi connectivity index (χ0v) is 9.99. The number of halogens is 1. The van der Waals surface area contributed by atoms with Crippen molar-refractivity contribution < 1.29 is 14.8 Å². The Morgan fingerprint density at radius 1 is 1.53 bits per heavy atom. The highest BCUT2D eigenvalue weighted by atomic mass is 35.5. The molecule has 0 bridgehead atoms. The quantitative estimate of drug-likeness (QED) is 0.495. The summed E-state index contributed by atoms with van der Waals surface area (Å²) in [6.07, 6.45) is 0. The Hall–Kier alpha value is -1.82. The van der Waals surface area contributed by atoms with Gasteiger partial charge >= 0.3 is 0 Å². The first-order valence-corrected chi connectivity index (χ1v) is 5.19. The summed E-state index contributed by atoms with van der Waals surface area (Å²) in [5.74, 6) is -1.09. The molecule has 0 aliphatic rings. The van der Waals surface area contributed by atoms with Crippen molar-refractivity contribution in [3.05, 3.63) is 27.3 Å². The average molecular weight is 259 g/mol. The summed E-state index contributed by atoms with van der Waals surface area (Å²) in [6, 6.07) is 2.36. The molecule has 0 aliphatic heterocycles. The minimum absolute atomic E-state index is 0.0549. The van der Waals surface area contributed by atoms with Gasteiger partial charge in [-0.05, 0) is 6.07 Å². The Labute approximate surface area is 102 Å². The second kappa shape index (κ2) is 5.01. The molecule has 0 aliphatic carbocycles. The number of carbonyl (C=O) groups excluding carboxylic acids is 1. The normalized spacial score (nSPS) is 10.4. The molecule has 1 amide bonds. The van der Waals surface area contributed by atoms with Crippen LogP contribution in [0, 0.1) is 16.0 Å². The van der Waals surface area contributed by atoms with Crippen molar-refractivity contribution in [1.82, 2.24) is 0 Å². The predicted octanol–water partition coefficient (Wildman–Crippen LogP) is 2.55. The number of aromatic hydroxyl groups is 1. The summed E-state index contributed by atoms with van der Waals surface area (Å²) in [7, 11) is 0. The Kier molecular flexibility index (Phi) is 3.90. The van der Waals surface area contributed by atoms with Crippen LogP contribution in [-0.4, -0.2) is 15.9 Å². The molecule has 17 heavy (non-hydrogen) atoms. The van der Waals surface area contributed by atoms with Crippen LogP contribution in [0.4, 0.5) is 11.4 Å². The lowest BCUT2D eigenvalue weighted by Crippen LogP contribution is -2.17. The van der Waals surface area contributed by atoms with Gasteiger partial charge in [0, 0.05) is 12.0 Å². The molecule has 1 aromatic rings. The molecule has 0 unspecified atom stereocenters. The highest BCUT2D eigenvalue weighted by molar-refractivity contribution is 6.34. The van der Waals surface area contributed by atoms with Crippen LogP contribution >= 0.6 is 11.6 Å². The van der Waals surface area contributed by atoms with Gasteiger partial charge in [-0.25, -0.2) is 0 Å². The van der Waals surface area contributed by atoms with Crippen LogP contribution in [0.15, 0.2) is 12.1 Å². The van der Waals surface area contributed by atoms with Gasteiger partial charge in [-0.2, -0.15) is 0 Å². The number of nitro benzene ring substituents is 1. The number of carbonyl (C=O) groups is 1.